The second kappa shape index (κ2) is 6.68. The lowest BCUT2D eigenvalue weighted by Gasteiger charge is -2.11. The maximum Gasteiger partial charge on any atom is 0.194 e. The second-order valence-electron chi connectivity index (χ2n) is 4.65. The van der Waals surface area contributed by atoms with Crippen LogP contribution < -0.4 is 0 Å². The normalized spacial score (nSPS) is 10.6. The first-order valence-corrected chi connectivity index (χ1v) is 8.27. The van der Waals surface area contributed by atoms with Crippen molar-refractivity contribution >= 4 is 37.6 Å². The van der Waals surface area contributed by atoms with Gasteiger partial charge < -0.3 is 0 Å². The zero-order valence-corrected chi connectivity index (χ0v) is 14.7. The lowest BCUT2D eigenvalue weighted by Crippen LogP contribution is -2.07. The van der Waals surface area contributed by atoms with Gasteiger partial charge in [-0.3, -0.25) is 4.79 Å². The van der Waals surface area contributed by atoms with Crippen LogP contribution in [0.1, 0.15) is 40.9 Å². The van der Waals surface area contributed by atoms with E-state index in [1.165, 1.54) is 5.56 Å². The summed E-state index contributed by atoms with van der Waals surface area (Å²) in [7, 11) is 0. The molecule has 0 bridgehead atoms. The number of carbonyl (C=O) groups excluding carboxylic acids is 1. The molecule has 0 saturated heterocycles. The summed E-state index contributed by atoms with van der Waals surface area (Å²) in [6, 6.07) is 11.9. The Morgan fingerprint density at radius 1 is 0.950 bits per heavy atom. The summed E-state index contributed by atoms with van der Waals surface area (Å²) in [5, 5.41) is 0. The number of benzene rings is 2. The molecule has 0 radical (unpaired) electrons. The molecule has 1 nitrogen and oxygen atoms in total. The lowest BCUT2D eigenvalue weighted by atomic mass is 9.94. The van der Waals surface area contributed by atoms with Crippen molar-refractivity contribution in [3.8, 4) is 0 Å². The van der Waals surface area contributed by atoms with E-state index in [1.54, 1.807) is 0 Å². The highest BCUT2D eigenvalue weighted by atomic mass is 79.9. The molecule has 2 aromatic carbocycles. The van der Waals surface area contributed by atoms with E-state index in [4.69, 9.17) is 0 Å². The molecule has 0 aliphatic carbocycles. The van der Waals surface area contributed by atoms with E-state index >= 15 is 0 Å². The van der Waals surface area contributed by atoms with Crippen LogP contribution in [0.2, 0.25) is 0 Å². The van der Waals surface area contributed by atoms with Gasteiger partial charge in [-0.25, -0.2) is 0 Å². The van der Waals surface area contributed by atoms with E-state index in [-0.39, 0.29) is 5.78 Å². The van der Waals surface area contributed by atoms with Gasteiger partial charge in [-0.1, -0.05) is 57.8 Å². The van der Waals surface area contributed by atoms with Gasteiger partial charge >= 0.3 is 0 Å². The Morgan fingerprint density at radius 2 is 1.70 bits per heavy atom. The minimum atomic E-state index is 0.0744. The molecule has 3 heteroatoms. The maximum absolute atomic E-state index is 12.8. The predicted octanol–water partition coefficient (Wildman–Crippen LogP) is 5.57. The first kappa shape index (κ1) is 15.5. The quantitative estimate of drug-likeness (QED) is 0.618. The van der Waals surface area contributed by atoms with Gasteiger partial charge in [-0.15, -0.1) is 0 Å². The summed E-state index contributed by atoms with van der Waals surface area (Å²) in [6.07, 6.45) is 1.79. The average molecular weight is 396 g/mol. The Morgan fingerprint density at radius 3 is 2.35 bits per heavy atom. The fraction of sp³-hybridized carbons (Fsp3) is 0.235. The topological polar surface area (TPSA) is 17.1 Å². The Balaban J connectivity index is 2.54. The number of halogens is 2. The van der Waals surface area contributed by atoms with Crippen molar-refractivity contribution in [2.24, 2.45) is 0 Å². The zero-order valence-electron chi connectivity index (χ0n) is 11.5. The molecule has 0 atom stereocenters. The van der Waals surface area contributed by atoms with Crippen LogP contribution in [0.5, 0.6) is 0 Å². The van der Waals surface area contributed by atoms with Gasteiger partial charge in [0.15, 0.2) is 5.78 Å². The van der Waals surface area contributed by atoms with Gasteiger partial charge in [0.2, 0.25) is 0 Å². The van der Waals surface area contributed by atoms with Gasteiger partial charge in [0, 0.05) is 20.1 Å². The third kappa shape index (κ3) is 3.21. The number of hydrogen-bond donors (Lipinski definition) is 0. The smallest absolute Gasteiger partial charge is 0.194 e. The van der Waals surface area contributed by atoms with E-state index in [0.717, 1.165) is 32.9 Å². The van der Waals surface area contributed by atoms with Gasteiger partial charge in [-0.05, 0) is 48.2 Å². The Kier molecular flexibility index (Phi) is 5.17. The molecule has 104 valence electrons. The summed E-state index contributed by atoms with van der Waals surface area (Å²) < 4.78 is 1.74. The Hall–Kier alpha value is -0.930. The second-order valence-corrected chi connectivity index (χ2v) is 6.42. The standard InChI is InChI=1S/C17H16Br2O/c1-3-11-5-6-12(4-2)14(9-11)17(20)15-10-13(18)7-8-16(15)19/h5-10H,3-4H2,1-2H3. The van der Waals surface area contributed by atoms with Crippen LogP contribution >= 0.6 is 31.9 Å². The molecule has 2 aromatic rings. The van der Waals surface area contributed by atoms with Gasteiger partial charge in [0.1, 0.15) is 0 Å². The maximum atomic E-state index is 12.8. The van der Waals surface area contributed by atoms with Crippen LogP contribution in [0.4, 0.5) is 0 Å². The van der Waals surface area contributed by atoms with Crippen molar-refractivity contribution in [2.45, 2.75) is 26.7 Å². The molecule has 0 aromatic heterocycles. The summed E-state index contributed by atoms with van der Waals surface area (Å²) in [5.74, 6) is 0.0744. The largest absolute Gasteiger partial charge is 0.289 e. The first-order chi connectivity index (χ1) is 9.56. The molecular weight excluding hydrogens is 380 g/mol. The summed E-state index contributed by atoms with van der Waals surface area (Å²) in [5.41, 5.74) is 3.80. The van der Waals surface area contributed by atoms with E-state index in [9.17, 15) is 4.79 Å². The third-order valence-corrected chi connectivity index (χ3v) is 4.57. The van der Waals surface area contributed by atoms with Crippen LogP contribution in [0.15, 0.2) is 45.3 Å². The molecule has 0 unspecified atom stereocenters. The highest BCUT2D eigenvalue weighted by Gasteiger charge is 2.16. The molecule has 20 heavy (non-hydrogen) atoms. The Bertz CT molecular complexity index is 647. The highest BCUT2D eigenvalue weighted by Crippen LogP contribution is 2.26. The molecular formula is C17H16Br2O. The van der Waals surface area contributed by atoms with Gasteiger partial charge in [0.25, 0.3) is 0 Å². The van der Waals surface area contributed by atoms with Crippen LogP contribution in [-0.4, -0.2) is 5.78 Å². The van der Waals surface area contributed by atoms with Crippen LogP contribution in [-0.2, 0) is 12.8 Å². The molecule has 0 amide bonds. The van der Waals surface area contributed by atoms with Crippen molar-refractivity contribution in [1.82, 2.24) is 0 Å². The van der Waals surface area contributed by atoms with Crippen molar-refractivity contribution in [3.63, 3.8) is 0 Å². The van der Waals surface area contributed by atoms with Gasteiger partial charge in [0.05, 0.1) is 0 Å². The van der Waals surface area contributed by atoms with Gasteiger partial charge in [-0.2, -0.15) is 0 Å². The molecule has 0 N–H and O–H groups in total. The fourth-order valence-electron chi connectivity index (χ4n) is 2.18. The Labute approximate surface area is 136 Å². The minimum absolute atomic E-state index is 0.0744. The minimum Gasteiger partial charge on any atom is -0.289 e. The average Bonchev–Trinajstić information content (AvgIpc) is 2.48. The van der Waals surface area contributed by atoms with Crippen LogP contribution in [0, 0.1) is 0 Å². The monoisotopic (exact) mass is 394 g/mol. The molecule has 0 spiro atoms. The number of ketones is 1. The van der Waals surface area contributed by atoms with Crippen molar-refractivity contribution in [1.29, 1.82) is 0 Å². The number of rotatable bonds is 4. The first-order valence-electron chi connectivity index (χ1n) is 6.68. The SMILES string of the molecule is CCc1ccc(CC)c(C(=O)c2cc(Br)ccc2Br)c1. The number of aryl methyl sites for hydroxylation is 2. The van der Waals surface area contributed by atoms with E-state index in [1.807, 2.05) is 24.3 Å². The molecule has 2 rings (SSSR count). The predicted molar refractivity (Wildman–Crippen MR) is 90.5 cm³/mol. The molecule has 0 fully saturated rings. The molecule has 0 aliphatic heterocycles. The van der Waals surface area contributed by atoms with E-state index in [2.05, 4.69) is 57.8 Å². The summed E-state index contributed by atoms with van der Waals surface area (Å²) >= 11 is 6.90. The molecule has 0 saturated carbocycles. The van der Waals surface area contributed by atoms with Crippen molar-refractivity contribution in [2.75, 3.05) is 0 Å². The third-order valence-electron chi connectivity index (χ3n) is 3.38. The van der Waals surface area contributed by atoms with E-state index in [0.29, 0.717) is 5.56 Å². The van der Waals surface area contributed by atoms with Crippen molar-refractivity contribution < 1.29 is 4.79 Å². The van der Waals surface area contributed by atoms with Crippen molar-refractivity contribution in [3.05, 3.63) is 67.6 Å². The number of hydrogen-bond acceptors (Lipinski definition) is 1. The van der Waals surface area contributed by atoms with Crippen LogP contribution in [0.25, 0.3) is 0 Å². The highest BCUT2D eigenvalue weighted by molar-refractivity contribution is 9.11. The number of carbonyl (C=O) groups is 1. The summed E-state index contributed by atoms with van der Waals surface area (Å²) in [6.45, 7) is 4.18. The van der Waals surface area contributed by atoms with E-state index < -0.39 is 0 Å². The lowest BCUT2D eigenvalue weighted by molar-refractivity contribution is 0.103. The molecule has 0 heterocycles. The summed E-state index contributed by atoms with van der Waals surface area (Å²) in [4.78, 5) is 12.8. The zero-order chi connectivity index (χ0) is 14.7. The fourth-order valence-corrected chi connectivity index (χ4v) is 2.97. The molecule has 0 aliphatic rings. The van der Waals surface area contributed by atoms with Crippen LogP contribution in [0.3, 0.4) is 0 Å².